The van der Waals surface area contributed by atoms with Gasteiger partial charge in [-0.1, -0.05) is 50.2 Å². The highest BCUT2D eigenvalue weighted by Gasteiger charge is 2.19. The Kier molecular flexibility index (Phi) is 8.02. The first kappa shape index (κ1) is 23.8. The van der Waals surface area contributed by atoms with Gasteiger partial charge in [0.2, 0.25) is 0 Å². The molecule has 0 saturated heterocycles. The Hall–Kier alpha value is -3.87. The number of carbonyl (C=O) groups excluding carboxylic acids is 1. The number of ether oxygens (including phenoxy) is 2. The Morgan fingerprint density at radius 2 is 1.67 bits per heavy atom. The maximum atomic E-state index is 13.1. The Labute approximate surface area is 193 Å². The largest absolute Gasteiger partial charge is 0.493 e. The molecule has 3 aromatic rings. The molecule has 0 aliphatic rings. The fourth-order valence-corrected chi connectivity index (χ4v) is 3.45. The van der Waals surface area contributed by atoms with Crippen molar-refractivity contribution in [2.75, 3.05) is 13.7 Å². The summed E-state index contributed by atoms with van der Waals surface area (Å²) in [4.78, 5) is 25.3. The van der Waals surface area contributed by atoms with E-state index in [1.807, 2.05) is 62.4 Å². The molecule has 0 unspecified atom stereocenters. The third kappa shape index (κ3) is 6.55. The fourth-order valence-electron chi connectivity index (χ4n) is 3.45. The molecule has 3 rings (SSSR count). The van der Waals surface area contributed by atoms with Crippen LogP contribution in [0.1, 0.15) is 35.3 Å². The topological polar surface area (TPSA) is 81.9 Å². The van der Waals surface area contributed by atoms with Crippen LogP contribution in [0, 0.1) is 16.0 Å². The van der Waals surface area contributed by atoms with Crippen LogP contribution in [0.25, 0.3) is 0 Å². The molecule has 0 bridgehead atoms. The van der Waals surface area contributed by atoms with Crippen LogP contribution in [0.4, 0.5) is 5.69 Å². The third-order valence-corrected chi connectivity index (χ3v) is 5.04. The molecular formula is C26H28N2O5. The minimum absolute atomic E-state index is 0.0437. The SMILES string of the molecule is COc1cc(CN(CC(C)C)C(=O)c2ccc([N+](=O)[O-])cc2)ccc1OCc1ccccc1. The molecule has 0 fully saturated rings. The maximum Gasteiger partial charge on any atom is 0.269 e. The van der Waals surface area contributed by atoms with Crippen LogP contribution >= 0.6 is 0 Å². The molecule has 172 valence electrons. The van der Waals surface area contributed by atoms with Gasteiger partial charge in [-0.3, -0.25) is 14.9 Å². The molecule has 0 saturated carbocycles. The van der Waals surface area contributed by atoms with E-state index in [1.165, 1.54) is 24.3 Å². The van der Waals surface area contributed by atoms with Gasteiger partial charge in [0.1, 0.15) is 6.61 Å². The van der Waals surface area contributed by atoms with Crippen LogP contribution in [-0.4, -0.2) is 29.4 Å². The van der Waals surface area contributed by atoms with E-state index in [0.29, 0.717) is 36.8 Å². The number of nitro groups is 1. The van der Waals surface area contributed by atoms with Crippen LogP contribution in [0.15, 0.2) is 72.8 Å². The lowest BCUT2D eigenvalue weighted by molar-refractivity contribution is -0.384. The van der Waals surface area contributed by atoms with Crippen molar-refractivity contribution in [1.82, 2.24) is 4.90 Å². The van der Waals surface area contributed by atoms with Gasteiger partial charge in [-0.25, -0.2) is 0 Å². The number of methoxy groups -OCH3 is 1. The predicted molar refractivity (Wildman–Crippen MR) is 126 cm³/mol. The molecule has 7 heteroatoms. The second-order valence-corrected chi connectivity index (χ2v) is 8.14. The van der Waals surface area contributed by atoms with Crippen molar-refractivity contribution in [3.63, 3.8) is 0 Å². The number of non-ortho nitro benzene ring substituents is 1. The molecule has 0 spiro atoms. The van der Waals surface area contributed by atoms with Gasteiger partial charge in [0, 0.05) is 30.8 Å². The average molecular weight is 449 g/mol. The van der Waals surface area contributed by atoms with E-state index in [4.69, 9.17) is 9.47 Å². The van der Waals surface area contributed by atoms with Gasteiger partial charge >= 0.3 is 0 Å². The van der Waals surface area contributed by atoms with Crippen molar-refractivity contribution < 1.29 is 19.2 Å². The molecule has 0 aliphatic carbocycles. The molecule has 33 heavy (non-hydrogen) atoms. The van der Waals surface area contributed by atoms with Gasteiger partial charge in [-0.15, -0.1) is 0 Å². The zero-order valence-corrected chi connectivity index (χ0v) is 19.1. The van der Waals surface area contributed by atoms with Gasteiger partial charge in [-0.2, -0.15) is 0 Å². The number of amides is 1. The average Bonchev–Trinajstić information content (AvgIpc) is 2.82. The monoisotopic (exact) mass is 448 g/mol. The van der Waals surface area contributed by atoms with Crippen molar-refractivity contribution in [1.29, 1.82) is 0 Å². The zero-order chi connectivity index (χ0) is 23.8. The van der Waals surface area contributed by atoms with Crippen LogP contribution in [0.2, 0.25) is 0 Å². The normalized spacial score (nSPS) is 10.7. The second kappa shape index (κ2) is 11.1. The molecule has 3 aromatic carbocycles. The number of hydrogen-bond acceptors (Lipinski definition) is 5. The van der Waals surface area contributed by atoms with Gasteiger partial charge in [0.05, 0.1) is 12.0 Å². The van der Waals surface area contributed by atoms with E-state index in [0.717, 1.165) is 11.1 Å². The molecule has 0 radical (unpaired) electrons. The maximum absolute atomic E-state index is 13.1. The second-order valence-electron chi connectivity index (χ2n) is 8.14. The van der Waals surface area contributed by atoms with E-state index >= 15 is 0 Å². The van der Waals surface area contributed by atoms with Crippen LogP contribution < -0.4 is 9.47 Å². The number of hydrogen-bond donors (Lipinski definition) is 0. The first-order valence-corrected chi connectivity index (χ1v) is 10.7. The Morgan fingerprint density at radius 1 is 0.970 bits per heavy atom. The summed E-state index contributed by atoms with van der Waals surface area (Å²) in [5, 5.41) is 10.9. The lowest BCUT2D eigenvalue weighted by Crippen LogP contribution is -2.33. The Bertz CT molecular complexity index is 1080. The summed E-state index contributed by atoms with van der Waals surface area (Å²) in [7, 11) is 1.59. The highest BCUT2D eigenvalue weighted by atomic mass is 16.6. The van der Waals surface area contributed by atoms with E-state index in [2.05, 4.69) is 0 Å². The van der Waals surface area contributed by atoms with E-state index < -0.39 is 4.92 Å². The van der Waals surface area contributed by atoms with Gasteiger partial charge in [0.25, 0.3) is 11.6 Å². The minimum atomic E-state index is -0.478. The van der Waals surface area contributed by atoms with Crippen molar-refractivity contribution in [2.45, 2.75) is 27.0 Å². The van der Waals surface area contributed by atoms with Crippen molar-refractivity contribution in [3.8, 4) is 11.5 Å². The highest BCUT2D eigenvalue weighted by molar-refractivity contribution is 5.94. The van der Waals surface area contributed by atoms with E-state index in [1.54, 1.807) is 12.0 Å². The molecule has 0 aliphatic heterocycles. The summed E-state index contributed by atoms with van der Waals surface area (Å²) >= 11 is 0. The minimum Gasteiger partial charge on any atom is -0.493 e. The number of benzene rings is 3. The van der Waals surface area contributed by atoms with Crippen LogP contribution in [0.5, 0.6) is 11.5 Å². The lowest BCUT2D eigenvalue weighted by Gasteiger charge is -2.25. The number of carbonyl (C=O) groups is 1. The number of nitro benzene ring substituents is 1. The van der Waals surface area contributed by atoms with E-state index in [9.17, 15) is 14.9 Å². The van der Waals surface area contributed by atoms with Crippen molar-refractivity contribution in [3.05, 3.63) is 99.6 Å². The van der Waals surface area contributed by atoms with E-state index in [-0.39, 0.29) is 17.5 Å². The van der Waals surface area contributed by atoms with Gasteiger partial charge in [-0.05, 0) is 41.3 Å². The number of rotatable bonds is 10. The Balaban J connectivity index is 1.76. The molecule has 0 heterocycles. The summed E-state index contributed by atoms with van der Waals surface area (Å²) in [5.41, 5.74) is 2.32. The summed E-state index contributed by atoms with van der Waals surface area (Å²) in [6.45, 7) is 5.43. The lowest BCUT2D eigenvalue weighted by atomic mass is 10.1. The summed E-state index contributed by atoms with van der Waals surface area (Å²) in [6.07, 6.45) is 0. The molecule has 0 aromatic heterocycles. The molecule has 0 atom stereocenters. The first-order valence-electron chi connectivity index (χ1n) is 10.7. The van der Waals surface area contributed by atoms with Crippen molar-refractivity contribution >= 4 is 11.6 Å². The molecule has 0 N–H and O–H groups in total. The Morgan fingerprint density at radius 3 is 2.27 bits per heavy atom. The standard InChI is InChI=1S/C26H28N2O5/c1-19(2)16-27(26(29)22-10-12-23(13-11-22)28(30)31)17-21-9-14-24(25(15-21)32-3)33-18-20-7-5-4-6-8-20/h4-15,19H,16-18H2,1-3H3. The first-order chi connectivity index (χ1) is 15.9. The quantitative estimate of drug-likeness (QED) is 0.303. The van der Waals surface area contributed by atoms with Gasteiger partial charge < -0.3 is 14.4 Å². The number of nitrogens with zero attached hydrogens (tertiary/aromatic N) is 2. The fraction of sp³-hybridized carbons (Fsp3) is 0.269. The molecule has 1 amide bonds. The highest BCUT2D eigenvalue weighted by Crippen LogP contribution is 2.30. The smallest absolute Gasteiger partial charge is 0.269 e. The zero-order valence-electron chi connectivity index (χ0n) is 19.1. The molecular weight excluding hydrogens is 420 g/mol. The summed E-state index contributed by atoms with van der Waals surface area (Å²) in [5.74, 6) is 1.29. The van der Waals surface area contributed by atoms with Crippen LogP contribution in [0.3, 0.4) is 0 Å². The van der Waals surface area contributed by atoms with Gasteiger partial charge in [0.15, 0.2) is 11.5 Å². The summed E-state index contributed by atoms with van der Waals surface area (Å²) < 4.78 is 11.5. The van der Waals surface area contributed by atoms with Crippen molar-refractivity contribution in [2.24, 2.45) is 5.92 Å². The van der Waals surface area contributed by atoms with Crippen LogP contribution in [-0.2, 0) is 13.2 Å². The third-order valence-electron chi connectivity index (χ3n) is 5.04. The predicted octanol–water partition coefficient (Wildman–Crippen LogP) is 5.48. The molecule has 7 nitrogen and oxygen atoms in total. The summed E-state index contributed by atoms with van der Waals surface area (Å²) in [6, 6.07) is 21.2.